The van der Waals surface area contributed by atoms with Gasteiger partial charge in [0.25, 0.3) is 0 Å². The number of aliphatic hydroxyl groups is 3. The van der Waals surface area contributed by atoms with Crippen LogP contribution in [-0.2, 0) is 28.8 Å². The lowest BCUT2D eigenvalue weighted by atomic mass is 9.90. The van der Waals surface area contributed by atoms with Crippen molar-refractivity contribution in [2.45, 2.75) is 87.4 Å². The number of likely N-dealkylation sites (tertiary alicyclic amines) is 1. The number of halogens is 3. The van der Waals surface area contributed by atoms with Crippen molar-refractivity contribution in [2.75, 3.05) is 19.3 Å². The molecule has 6 atom stereocenters. The smallest absolute Gasteiger partial charge is 0.224 e. The summed E-state index contributed by atoms with van der Waals surface area (Å²) in [5, 5.41) is 31.3. The Kier molecular flexibility index (Phi) is 12.1. The van der Waals surface area contributed by atoms with Gasteiger partial charge in [0.1, 0.15) is 47.5 Å². The third-order valence-corrected chi connectivity index (χ3v) is 10.0. The minimum absolute atomic E-state index is 0.0360. The monoisotopic (exact) mass is 688 g/mol. The van der Waals surface area contributed by atoms with Gasteiger partial charge in [0.15, 0.2) is 11.6 Å². The van der Waals surface area contributed by atoms with E-state index in [0.717, 1.165) is 40.5 Å². The molecule has 2 aliphatic rings. The molecule has 0 saturated carbocycles. The Hall–Kier alpha value is -3.13. The molecule has 5 N–H and O–H groups in total. The lowest BCUT2D eigenvalue weighted by Crippen LogP contribution is -2.52. The van der Waals surface area contributed by atoms with Crippen LogP contribution >= 0.6 is 11.8 Å². The van der Waals surface area contributed by atoms with Crippen molar-refractivity contribution in [1.29, 1.82) is 0 Å². The lowest BCUT2D eigenvalue weighted by molar-refractivity contribution is -0.200. The van der Waals surface area contributed by atoms with Crippen molar-refractivity contribution < 1.29 is 42.8 Å². The van der Waals surface area contributed by atoms with Crippen LogP contribution in [0.2, 0.25) is 0 Å². The first-order valence-electron chi connectivity index (χ1n) is 16.2. The second-order valence-corrected chi connectivity index (χ2v) is 13.5. The number of hydrogen-bond donors (Lipinski definition) is 4. The summed E-state index contributed by atoms with van der Waals surface area (Å²) >= 11 is 1.28. The van der Waals surface area contributed by atoms with Crippen LogP contribution in [0.15, 0.2) is 54.6 Å². The Morgan fingerprint density at radius 3 is 2.29 bits per heavy atom. The van der Waals surface area contributed by atoms with Crippen molar-refractivity contribution in [3.05, 3.63) is 99.9 Å². The van der Waals surface area contributed by atoms with E-state index in [-0.39, 0.29) is 30.4 Å². The molecule has 2 heterocycles. The summed E-state index contributed by atoms with van der Waals surface area (Å²) in [5.74, 6) is -2.76. The van der Waals surface area contributed by atoms with Gasteiger partial charge in [0.05, 0.1) is 0 Å². The molecule has 3 aromatic rings. The SMILES string of the molecule is CCc1ccc([C@@H]2O[C@H](SC)[C@@H](O)[C@H](O)[C@H]2O)cc1Cc1ccc(OC2CCN(C(=O)C[C@H](N)Cc3cc(F)c(F)cc3F)CC2)cc1. The first kappa shape index (κ1) is 36.2. The number of amides is 1. The van der Waals surface area contributed by atoms with E-state index in [4.69, 9.17) is 15.2 Å². The van der Waals surface area contributed by atoms with E-state index < -0.39 is 53.3 Å². The molecule has 12 heteroatoms. The zero-order valence-corrected chi connectivity index (χ0v) is 27.8. The van der Waals surface area contributed by atoms with Gasteiger partial charge in [-0.3, -0.25) is 4.79 Å². The number of aryl methyl sites for hydroxylation is 1. The highest BCUT2D eigenvalue weighted by molar-refractivity contribution is 7.99. The number of piperidine rings is 1. The van der Waals surface area contributed by atoms with Crippen LogP contribution in [-0.4, -0.2) is 81.4 Å². The molecule has 2 aliphatic heterocycles. The van der Waals surface area contributed by atoms with Crippen LogP contribution in [0.4, 0.5) is 13.2 Å². The maximum absolute atomic E-state index is 14.0. The summed E-state index contributed by atoms with van der Waals surface area (Å²) < 4.78 is 52.9. The number of hydrogen-bond acceptors (Lipinski definition) is 8. The van der Waals surface area contributed by atoms with Gasteiger partial charge in [-0.25, -0.2) is 13.2 Å². The Morgan fingerprint density at radius 1 is 0.938 bits per heavy atom. The Morgan fingerprint density at radius 2 is 1.62 bits per heavy atom. The van der Waals surface area contributed by atoms with Crippen LogP contribution in [0.25, 0.3) is 0 Å². The second-order valence-electron chi connectivity index (χ2n) is 12.6. The Bertz CT molecular complexity index is 1550. The zero-order valence-electron chi connectivity index (χ0n) is 27.0. The van der Waals surface area contributed by atoms with Crippen molar-refractivity contribution in [3.63, 3.8) is 0 Å². The van der Waals surface area contributed by atoms with E-state index in [1.807, 2.05) is 42.5 Å². The molecule has 0 bridgehead atoms. The molecule has 0 aromatic heterocycles. The number of aliphatic hydroxyl groups excluding tert-OH is 3. The molecule has 3 aromatic carbocycles. The lowest BCUT2D eigenvalue weighted by Gasteiger charge is -2.40. The molecule has 48 heavy (non-hydrogen) atoms. The van der Waals surface area contributed by atoms with Crippen LogP contribution in [0.3, 0.4) is 0 Å². The standard InChI is InChI=1S/C36H43F3N2O6S/c1-3-21-6-7-22(35-33(44)32(43)34(45)36(47-35)48-2)15-23(21)14-20-4-8-26(9-5-20)46-27-10-12-41(13-11-27)31(42)18-25(40)16-24-17-29(38)30(39)19-28(24)37/h4-9,15,17,19,25,27,32-36,43-45H,3,10-14,16,18,40H2,1-2H3/t25-,32-,33-,34+,35+,36-/m1/s1. The fourth-order valence-corrected chi connectivity index (χ4v) is 7.07. The quantitative estimate of drug-likeness (QED) is 0.218. The van der Waals surface area contributed by atoms with Gasteiger partial charge in [0, 0.05) is 44.5 Å². The summed E-state index contributed by atoms with van der Waals surface area (Å²) in [6, 6.07) is 14.3. The fourth-order valence-electron chi connectivity index (χ4n) is 6.40. The van der Waals surface area contributed by atoms with E-state index >= 15 is 0 Å². The van der Waals surface area contributed by atoms with E-state index in [0.29, 0.717) is 38.4 Å². The molecule has 8 nitrogen and oxygen atoms in total. The Balaban J connectivity index is 1.13. The molecule has 5 rings (SSSR count). The molecule has 0 radical (unpaired) electrons. The summed E-state index contributed by atoms with van der Waals surface area (Å²) in [7, 11) is 0. The molecule has 260 valence electrons. The summed E-state index contributed by atoms with van der Waals surface area (Å²) in [5.41, 5.74) is 9.38. The predicted molar refractivity (Wildman–Crippen MR) is 177 cm³/mol. The number of thioether (sulfide) groups is 1. The average molecular weight is 689 g/mol. The first-order chi connectivity index (χ1) is 23.0. The van der Waals surface area contributed by atoms with Crippen LogP contribution in [0.5, 0.6) is 5.75 Å². The van der Waals surface area contributed by atoms with E-state index in [2.05, 4.69) is 6.92 Å². The van der Waals surface area contributed by atoms with Gasteiger partial charge in [-0.05, 0) is 71.5 Å². The van der Waals surface area contributed by atoms with Crippen LogP contribution in [0.1, 0.15) is 60.1 Å². The molecule has 2 saturated heterocycles. The van der Waals surface area contributed by atoms with Crippen LogP contribution < -0.4 is 10.5 Å². The van der Waals surface area contributed by atoms with Crippen molar-refractivity contribution in [1.82, 2.24) is 4.90 Å². The predicted octanol–water partition coefficient (Wildman–Crippen LogP) is 4.43. The van der Waals surface area contributed by atoms with Crippen molar-refractivity contribution >= 4 is 17.7 Å². The molecule has 0 aliphatic carbocycles. The number of benzene rings is 3. The van der Waals surface area contributed by atoms with Gasteiger partial charge in [0.2, 0.25) is 5.91 Å². The van der Waals surface area contributed by atoms with Gasteiger partial charge in [-0.1, -0.05) is 37.3 Å². The van der Waals surface area contributed by atoms with Crippen molar-refractivity contribution in [2.24, 2.45) is 5.73 Å². The van der Waals surface area contributed by atoms with Crippen molar-refractivity contribution in [3.8, 4) is 5.75 Å². The van der Waals surface area contributed by atoms with Gasteiger partial charge in [-0.2, -0.15) is 0 Å². The normalized spacial score (nSPS) is 24.0. The summed E-state index contributed by atoms with van der Waals surface area (Å²) in [4.78, 5) is 14.5. The third kappa shape index (κ3) is 8.53. The maximum Gasteiger partial charge on any atom is 0.224 e. The number of nitrogens with zero attached hydrogens (tertiary/aromatic N) is 1. The minimum Gasteiger partial charge on any atom is -0.490 e. The molecule has 0 unspecified atom stereocenters. The molecular weight excluding hydrogens is 645 g/mol. The van der Waals surface area contributed by atoms with E-state index in [1.54, 1.807) is 11.2 Å². The number of nitrogens with two attached hydrogens (primary N) is 1. The van der Waals surface area contributed by atoms with Crippen LogP contribution in [0, 0.1) is 17.5 Å². The third-order valence-electron chi connectivity index (χ3n) is 9.17. The summed E-state index contributed by atoms with van der Waals surface area (Å²) in [6.07, 6.45) is -0.200. The zero-order chi connectivity index (χ0) is 34.5. The largest absolute Gasteiger partial charge is 0.490 e. The summed E-state index contributed by atoms with van der Waals surface area (Å²) in [6.45, 7) is 3.05. The average Bonchev–Trinajstić information content (AvgIpc) is 3.07. The van der Waals surface area contributed by atoms with Gasteiger partial charge in [-0.15, -0.1) is 11.8 Å². The highest BCUT2D eigenvalue weighted by Crippen LogP contribution is 2.37. The van der Waals surface area contributed by atoms with E-state index in [1.165, 1.54) is 11.8 Å². The fraction of sp³-hybridized carbons (Fsp3) is 0.472. The number of carbonyl (C=O) groups excluding carboxylic acids is 1. The number of carbonyl (C=O) groups is 1. The maximum atomic E-state index is 14.0. The van der Waals surface area contributed by atoms with Gasteiger partial charge < -0.3 is 35.4 Å². The molecular formula is C36H43F3N2O6S. The number of rotatable bonds is 11. The highest BCUT2D eigenvalue weighted by atomic mass is 32.2. The van der Waals surface area contributed by atoms with E-state index in [9.17, 15) is 33.3 Å². The minimum atomic E-state index is -1.31. The molecule has 0 spiro atoms. The topological polar surface area (TPSA) is 125 Å². The van der Waals surface area contributed by atoms with Gasteiger partial charge >= 0.3 is 0 Å². The molecule has 1 amide bonds. The first-order valence-corrected chi connectivity index (χ1v) is 17.5. The number of ether oxygens (including phenoxy) is 2. The second kappa shape index (κ2) is 16.1. The molecule has 2 fully saturated rings. The Labute approximate surface area is 283 Å². The highest BCUT2D eigenvalue weighted by Gasteiger charge is 2.44.